The Labute approximate surface area is 191 Å². The molecule has 0 aromatic heterocycles. The highest BCUT2D eigenvalue weighted by Gasteiger charge is 2.41. The van der Waals surface area contributed by atoms with E-state index in [9.17, 15) is 9.59 Å². The molecular formula is C27H34N2O3. The van der Waals surface area contributed by atoms with Gasteiger partial charge in [0, 0.05) is 31.3 Å². The highest BCUT2D eigenvalue weighted by molar-refractivity contribution is 6.05. The number of amides is 2. The summed E-state index contributed by atoms with van der Waals surface area (Å²) < 4.78 is 5.57. The molecule has 1 aliphatic heterocycles. The first kappa shape index (κ1) is 23.6. The van der Waals surface area contributed by atoms with Crippen molar-refractivity contribution in [2.75, 3.05) is 13.1 Å². The highest BCUT2D eigenvalue weighted by atomic mass is 16.6. The average Bonchev–Trinajstić information content (AvgIpc) is 3.06. The van der Waals surface area contributed by atoms with Gasteiger partial charge in [0.2, 0.25) is 0 Å². The summed E-state index contributed by atoms with van der Waals surface area (Å²) in [4.78, 5) is 29.5. The summed E-state index contributed by atoms with van der Waals surface area (Å²) in [6.07, 6.45) is 2.44. The van der Waals surface area contributed by atoms with E-state index in [2.05, 4.69) is 55.1 Å². The van der Waals surface area contributed by atoms with Gasteiger partial charge in [-0.2, -0.15) is 0 Å². The molecule has 0 unspecified atom stereocenters. The molecular weight excluding hydrogens is 400 g/mol. The third-order valence-electron chi connectivity index (χ3n) is 5.59. The van der Waals surface area contributed by atoms with Crippen molar-refractivity contribution in [3.05, 3.63) is 71.9 Å². The van der Waals surface area contributed by atoms with Crippen molar-refractivity contribution in [1.82, 2.24) is 9.80 Å². The summed E-state index contributed by atoms with van der Waals surface area (Å²) in [5.74, 6) is -0.253. The van der Waals surface area contributed by atoms with E-state index in [4.69, 9.17) is 4.74 Å². The van der Waals surface area contributed by atoms with Gasteiger partial charge < -0.3 is 9.64 Å². The molecule has 1 heterocycles. The van der Waals surface area contributed by atoms with Gasteiger partial charge in [-0.1, -0.05) is 54.6 Å². The van der Waals surface area contributed by atoms with Gasteiger partial charge in [0.25, 0.3) is 5.91 Å². The summed E-state index contributed by atoms with van der Waals surface area (Å²) in [6, 6.07) is 18.3. The van der Waals surface area contributed by atoms with Crippen LogP contribution in [0.15, 0.2) is 66.4 Å². The standard InChI is InChI=1S/C27H34N2O3/c1-6-28(7-2)19-23-18-24(29(25(23)30)26(31)32-27(3,4)5)17-20-13-15-22(16-14-20)21-11-9-8-10-12-21/h8-16,19,24H,6-7,17-18H2,1-5H3/b23-19-/t24-/m1/s1. The number of hydrogen-bond acceptors (Lipinski definition) is 4. The third kappa shape index (κ3) is 5.78. The van der Waals surface area contributed by atoms with E-state index >= 15 is 0 Å². The predicted molar refractivity (Wildman–Crippen MR) is 128 cm³/mol. The van der Waals surface area contributed by atoms with E-state index in [1.54, 1.807) is 0 Å². The Bertz CT molecular complexity index is 955. The van der Waals surface area contributed by atoms with E-state index in [1.165, 1.54) is 4.90 Å². The fourth-order valence-electron chi connectivity index (χ4n) is 3.93. The van der Waals surface area contributed by atoms with Crippen LogP contribution in [0.25, 0.3) is 11.1 Å². The van der Waals surface area contributed by atoms with Crippen molar-refractivity contribution in [2.24, 2.45) is 0 Å². The second kappa shape index (κ2) is 10.0. The highest BCUT2D eigenvalue weighted by Crippen LogP contribution is 2.30. The summed E-state index contributed by atoms with van der Waals surface area (Å²) in [7, 11) is 0. The normalized spacial score (nSPS) is 17.7. The van der Waals surface area contributed by atoms with Crippen LogP contribution in [-0.2, 0) is 16.0 Å². The maximum atomic E-state index is 13.2. The van der Waals surface area contributed by atoms with Crippen molar-refractivity contribution < 1.29 is 14.3 Å². The number of hydrogen-bond donors (Lipinski definition) is 0. The zero-order chi connectivity index (χ0) is 23.3. The van der Waals surface area contributed by atoms with Crippen molar-refractivity contribution in [3.8, 4) is 11.1 Å². The minimum absolute atomic E-state index is 0.253. The molecule has 3 rings (SSSR count). The summed E-state index contributed by atoms with van der Waals surface area (Å²) in [5, 5.41) is 0. The van der Waals surface area contributed by atoms with Gasteiger partial charge in [-0.15, -0.1) is 0 Å². The molecule has 1 saturated heterocycles. The van der Waals surface area contributed by atoms with E-state index in [0.717, 1.165) is 29.8 Å². The van der Waals surface area contributed by atoms with Crippen LogP contribution in [0.4, 0.5) is 4.79 Å². The van der Waals surface area contributed by atoms with Crippen LogP contribution in [0.1, 0.15) is 46.6 Å². The number of nitrogens with zero attached hydrogens (tertiary/aromatic N) is 2. The minimum Gasteiger partial charge on any atom is -0.443 e. The monoisotopic (exact) mass is 434 g/mol. The molecule has 2 amide bonds. The molecule has 1 fully saturated rings. The Morgan fingerprint density at radius 2 is 1.62 bits per heavy atom. The van der Waals surface area contributed by atoms with Crippen LogP contribution in [0.5, 0.6) is 0 Å². The Morgan fingerprint density at radius 1 is 1.03 bits per heavy atom. The lowest BCUT2D eigenvalue weighted by Crippen LogP contribution is -2.43. The molecule has 2 aromatic carbocycles. The summed E-state index contributed by atoms with van der Waals surface area (Å²) in [5.41, 5.74) is 3.38. The summed E-state index contributed by atoms with van der Waals surface area (Å²) in [6.45, 7) is 11.2. The number of rotatable bonds is 6. The zero-order valence-corrected chi connectivity index (χ0v) is 19.8. The first-order valence-electron chi connectivity index (χ1n) is 11.4. The van der Waals surface area contributed by atoms with Crippen LogP contribution < -0.4 is 0 Å². The molecule has 0 N–H and O–H groups in total. The lowest BCUT2D eigenvalue weighted by atomic mass is 9.99. The molecule has 0 radical (unpaired) electrons. The molecule has 5 nitrogen and oxygen atoms in total. The maximum absolute atomic E-state index is 13.2. The molecule has 1 aliphatic rings. The number of imide groups is 1. The lowest BCUT2D eigenvalue weighted by Gasteiger charge is -2.27. The fourth-order valence-corrected chi connectivity index (χ4v) is 3.93. The Kier molecular flexibility index (Phi) is 7.39. The number of carbonyl (C=O) groups excluding carboxylic acids is 2. The smallest absolute Gasteiger partial charge is 0.417 e. The Morgan fingerprint density at radius 3 is 2.19 bits per heavy atom. The average molecular weight is 435 g/mol. The van der Waals surface area contributed by atoms with Gasteiger partial charge in [0.1, 0.15) is 5.60 Å². The number of likely N-dealkylation sites (tertiary alicyclic amines) is 1. The molecule has 0 saturated carbocycles. The molecule has 1 atom stereocenters. The van der Waals surface area contributed by atoms with Gasteiger partial charge in [0.15, 0.2) is 0 Å². The van der Waals surface area contributed by atoms with Crippen molar-refractivity contribution in [1.29, 1.82) is 0 Å². The van der Waals surface area contributed by atoms with Crippen molar-refractivity contribution in [2.45, 2.75) is 59.1 Å². The van der Waals surface area contributed by atoms with Gasteiger partial charge in [0.05, 0.1) is 6.04 Å². The van der Waals surface area contributed by atoms with Crippen LogP contribution in [0, 0.1) is 0 Å². The lowest BCUT2D eigenvalue weighted by molar-refractivity contribution is -0.125. The number of carbonyl (C=O) groups is 2. The Hall–Kier alpha value is -3.08. The van der Waals surface area contributed by atoms with E-state index in [-0.39, 0.29) is 11.9 Å². The van der Waals surface area contributed by atoms with Crippen molar-refractivity contribution >= 4 is 12.0 Å². The van der Waals surface area contributed by atoms with Gasteiger partial charge in [-0.05, 0) is 57.7 Å². The van der Waals surface area contributed by atoms with Crippen molar-refractivity contribution in [3.63, 3.8) is 0 Å². The first-order valence-corrected chi connectivity index (χ1v) is 11.4. The quantitative estimate of drug-likeness (QED) is 0.551. The Balaban J connectivity index is 1.84. The maximum Gasteiger partial charge on any atom is 0.417 e. The minimum atomic E-state index is -0.662. The first-order chi connectivity index (χ1) is 15.2. The molecule has 5 heteroatoms. The van der Waals surface area contributed by atoms with Gasteiger partial charge in [-0.3, -0.25) is 4.79 Å². The van der Waals surface area contributed by atoms with Crippen LogP contribution in [-0.4, -0.2) is 46.5 Å². The van der Waals surface area contributed by atoms with Gasteiger partial charge in [-0.25, -0.2) is 9.69 Å². The van der Waals surface area contributed by atoms with Crippen LogP contribution in [0.2, 0.25) is 0 Å². The molecule has 2 aromatic rings. The molecule has 32 heavy (non-hydrogen) atoms. The SMILES string of the molecule is CCN(/C=C1/C[C@@H](Cc2ccc(-c3ccccc3)cc2)N(C(=O)OC(C)(C)C)C1=O)CC. The molecule has 170 valence electrons. The molecule has 0 spiro atoms. The van der Waals surface area contributed by atoms with E-state index < -0.39 is 11.7 Å². The van der Waals surface area contributed by atoms with Crippen LogP contribution >= 0.6 is 0 Å². The number of benzene rings is 2. The topological polar surface area (TPSA) is 49.9 Å². The third-order valence-corrected chi connectivity index (χ3v) is 5.59. The predicted octanol–water partition coefficient (Wildman–Crippen LogP) is 5.66. The molecule has 0 aliphatic carbocycles. The second-order valence-corrected chi connectivity index (χ2v) is 9.16. The molecule has 0 bridgehead atoms. The zero-order valence-electron chi connectivity index (χ0n) is 19.8. The summed E-state index contributed by atoms with van der Waals surface area (Å²) >= 11 is 0. The van der Waals surface area contributed by atoms with E-state index in [1.807, 2.05) is 45.2 Å². The fraction of sp³-hybridized carbons (Fsp3) is 0.407. The van der Waals surface area contributed by atoms with Crippen LogP contribution in [0.3, 0.4) is 0 Å². The van der Waals surface area contributed by atoms with E-state index in [0.29, 0.717) is 18.4 Å². The van der Waals surface area contributed by atoms with Gasteiger partial charge >= 0.3 is 6.09 Å². The second-order valence-electron chi connectivity index (χ2n) is 9.16. The largest absolute Gasteiger partial charge is 0.443 e. The number of ether oxygens (including phenoxy) is 1.